The number of imide groups is 1. The molecule has 106 valence electrons. The molecule has 6 heteroatoms. The van der Waals surface area contributed by atoms with Crippen LogP contribution in [0.3, 0.4) is 0 Å². The third kappa shape index (κ3) is 2.74. The summed E-state index contributed by atoms with van der Waals surface area (Å²) in [5.41, 5.74) is 1.31. The largest absolute Gasteiger partial charge is 0.507 e. The molecule has 1 aliphatic heterocycles. The van der Waals surface area contributed by atoms with Gasteiger partial charge in [0.1, 0.15) is 5.75 Å². The summed E-state index contributed by atoms with van der Waals surface area (Å²) in [4.78, 5) is 24.3. The number of carbonyl (C=O) groups is 2. The van der Waals surface area contributed by atoms with Gasteiger partial charge in [-0.3, -0.25) is 10.1 Å². The van der Waals surface area contributed by atoms with Gasteiger partial charge in [0.15, 0.2) is 5.76 Å². The zero-order valence-electron chi connectivity index (χ0n) is 11.3. The van der Waals surface area contributed by atoms with Gasteiger partial charge in [-0.25, -0.2) is 4.79 Å². The minimum absolute atomic E-state index is 0.0256. The topological polar surface area (TPSA) is 78.9 Å². The molecule has 2 amide bonds. The third-order valence-corrected chi connectivity index (χ3v) is 3.07. The number of hydrogen-bond donors (Lipinski definition) is 2. The van der Waals surface area contributed by atoms with Gasteiger partial charge in [0, 0.05) is 30.4 Å². The van der Waals surface area contributed by atoms with Crippen molar-refractivity contribution >= 4 is 23.8 Å². The molecule has 0 aliphatic carbocycles. The number of ether oxygens (including phenoxy) is 1. The molecule has 0 bridgehead atoms. The molecule has 1 heterocycles. The van der Waals surface area contributed by atoms with E-state index in [1.54, 1.807) is 12.1 Å². The van der Waals surface area contributed by atoms with Crippen LogP contribution in [0.5, 0.6) is 5.75 Å². The fourth-order valence-corrected chi connectivity index (χ4v) is 2.00. The Hall–Kier alpha value is -2.50. The second-order valence-corrected chi connectivity index (χ2v) is 4.27. The maximum Gasteiger partial charge on any atom is 0.419 e. The molecule has 20 heavy (non-hydrogen) atoms. The smallest absolute Gasteiger partial charge is 0.419 e. The van der Waals surface area contributed by atoms with Crippen LogP contribution >= 0.6 is 0 Å². The summed E-state index contributed by atoms with van der Waals surface area (Å²) in [6, 6.07) is 5.14. The van der Waals surface area contributed by atoms with Crippen LogP contribution in [0.4, 0.5) is 10.5 Å². The number of anilines is 1. The number of carbonyl (C=O) groups excluding carboxylic acids is 2. The number of phenols is 1. The summed E-state index contributed by atoms with van der Waals surface area (Å²) in [5, 5.41) is 12.0. The van der Waals surface area contributed by atoms with E-state index in [1.165, 1.54) is 6.08 Å². The molecule has 2 N–H and O–H groups in total. The van der Waals surface area contributed by atoms with Gasteiger partial charge < -0.3 is 14.7 Å². The van der Waals surface area contributed by atoms with Gasteiger partial charge in [-0.1, -0.05) is 0 Å². The maximum atomic E-state index is 11.4. The first-order valence-electron chi connectivity index (χ1n) is 6.38. The van der Waals surface area contributed by atoms with Crippen LogP contribution in [0, 0.1) is 0 Å². The Kier molecular flexibility index (Phi) is 3.93. The summed E-state index contributed by atoms with van der Waals surface area (Å²) in [6.45, 7) is 5.71. The predicted octanol–water partition coefficient (Wildman–Crippen LogP) is 1.85. The number of aromatic hydroxyl groups is 1. The van der Waals surface area contributed by atoms with Gasteiger partial charge in [0.2, 0.25) is 0 Å². The predicted molar refractivity (Wildman–Crippen MR) is 74.3 cm³/mol. The zero-order chi connectivity index (χ0) is 14.7. The van der Waals surface area contributed by atoms with Gasteiger partial charge in [-0.15, -0.1) is 0 Å². The molecule has 1 aromatic rings. The molecule has 0 aromatic heterocycles. The fourth-order valence-electron chi connectivity index (χ4n) is 2.00. The number of hydrogen-bond acceptors (Lipinski definition) is 5. The number of rotatable bonds is 4. The molecular formula is C14H16N2O4. The zero-order valence-corrected chi connectivity index (χ0v) is 11.3. The second kappa shape index (κ2) is 5.64. The highest BCUT2D eigenvalue weighted by molar-refractivity contribution is 6.10. The minimum Gasteiger partial charge on any atom is -0.507 e. The summed E-state index contributed by atoms with van der Waals surface area (Å²) < 4.78 is 4.69. The number of amides is 2. The highest BCUT2D eigenvalue weighted by Gasteiger charge is 2.26. The lowest BCUT2D eigenvalue weighted by Crippen LogP contribution is -2.21. The van der Waals surface area contributed by atoms with E-state index in [-0.39, 0.29) is 11.5 Å². The van der Waals surface area contributed by atoms with Crippen LogP contribution < -0.4 is 10.2 Å². The second-order valence-electron chi connectivity index (χ2n) is 4.27. The Balaban J connectivity index is 2.29. The molecule has 1 aromatic carbocycles. The molecule has 6 nitrogen and oxygen atoms in total. The van der Waals surface area contributed by atoms with Crippen molar-refractivity contribution in [2.24, 2.45) is 0 Å². The molecule has 0 spiro atoms. The first kappa shape index (κ1) is 13.9. The van der Waals surface area contributed by atoms with E-state index in [0.29, 0.717) is 5.56 Å². The number of benzene rings is 1. The molecule has 1 aliphatic rings. The number of nitrogens with zero attached hydrogens (tertiary/aromatic N) is 1. The summed E-state index contributed by atoms with van der Waals surface area (Å²) in [5.74, 6) is -0.708. The molecule has 1 fully saturated rings. The molecule has 1 saturated heterocycles. The van der Waals surface area contributed by atoms with Crippen LogP contribution in [0.2, 0.25) is 0 Å². The van der Waals surface area contributed by atoms with Crippen LogP contribution in [-0.2, 0) is 9.53 Å². The minimum atomic E-state index is -0.805. The molecule has 0 saturated carbocycles. The molecule has 0 unspecified atom stereocenters. The first-order chi connectivity index (χ1) is 9.55. The Labute approximate surface area is 116 Å². The van der Waals surface area contributed by atoms with Crippen molar-refractivity contribution in [2.75, 3.05) is 18.0 Å². The van der Waals surface area contributed by atoms with Crippen molar-refractivity contribution in [1.82, 2.24) is 5.32 Å². The van der Waals surface area contributed by atoms with Crippen LogP contribution in [0.25, 0.3) is 6.08 Å². The van der Waals surface area contributed by atoms with E-state index >= 15 is 0 Å². The van der Waals surface area contributed by atoms with Crippen LogP contribution in [-0.4, -0.2) is 30.2 Å². The van der Waals surface area contributed by atoms with E-state index in [9.17, 15) is 14.7 Å². The molecule has 2 rings (SSSR count). The quantitative estimate of drug-likeness (QED) is 0.820. The number of alkyl carbamates (subject to hydrolysis) is 1. The molecule has 0 radical (unpaired) electrons. The Morgan fingerprint density at radius 2 is 2.00 bits per heavy atom. The highest BCUT2D eigenvalue weighted by Crippen LogP contribution is 2.27. The first-order valence-corrected chi connectivity index (χ1v) is 6.38. The van der Waals surface area contributed by atoms with Crippen LogP contribution in [0.15, 0.2) is 24.0 Å². The van der Waals surface area contributed by atoms with Crippen molar-refractivity contribution in [3.63, 3.8) is 0 Å². The van der Waals surface area contributed by atoms with Crippen molar-refractivity contribution in [2.45, 2.75) is 13.8 Å². The van der Waals surface area contributed by atoms with E-state index in [1.807, 2.05) is 25.2 Å². The van der Waals surface area contributed by atoms with Crippen molar-refractivity contribution in [3.8, 4) is 5.75 Å². The van der Waals surface area contributed by atoms with E-state index in [2.05, 4.69) is 4.90 Å². The average molecular weight is 276 g/mol. The van der Waals surface area contributed by atoms with Crippen molar-refractivity contribution < 1.29 is 19.4 Å². The SMILES string of the molecule is CCN(CC)c1ccc(C=C2OC(=O)NC2=O)c(O)c1. The number of cyclic esters (lactones) is 1. The van der Waals surface area contributed by atoms with Crippen molar-refractivity contribution in [1.29, 1.82) is 0 Å². The lowest BCUT2D eigenvalue weighted by molar-refractivity contribution is -0.116. The summed E-state index contributed by atoms with van der Waals surface area (Å²) in [7, 11) is 0. The van der Waals surface area contributed by atoms with E-state index in [0.717, 1.165) is 18.8 Å². The van der Waals surface area contributed by atoms with E-state index in [4.69, 9.17) is 4.74 Å². The lowest BCUT2D eigenvalue weighted by atomic mass is 10.1. The monoisotopic (exact) mass is 276 g/mol. The van der Waals surface area contributed by atoms with Crippen LogP contribution in [0.1, 0.15) is 19.4 Å². The Bertz CT molecular complexity index is 577. The summed E-state index contributed by atoms with van der Waals surface area (Å²) in [6.07, 6.45) is 0.530. The standard InChI is InChI=1S/C14H16N2O4/c1-3-16(4-2)10-6-5-9(11(17)8-10)7-12-13(18)15-14(19)20-12/h5-8,17H,3-4H2,1-2H3,(H,15,18,19). The third-order valence-electron chi connectivity index (χ3n) is 3.07. The maximum absolute atomic E-state index is 11.4. The fraction of sp³-hybridized carbons (Fsp3) is 0.286. The van der Waals surface area contributed by atoms with Gasteiger partial charge in [0.05, 0.1) is 0 Å². The van der Waals surface area contributed by atoms with E-state index < -0.39 is 12.0 Å². The number of nitrogens with one attached hydrogen (secondary N) is 1. The van der Waals surface area contributed by atoms with Gasteiger partial charge in [-0.05, 0) is 32.1 Å². The van der Waals surface area contributed by atoms with Gasteiger partial charge in [-0.2, -0.15) is 0 Å². The van der Waals surface area contributed by atoms with Gasteiger partial charge in [0.25, 0.3) is 5.91 Å². The average Bonchev–Trinajstić information content (AvgIpc) is 2.72. The van der Waals surface area contributed by atoms with Gasteiger partial charge >= 0.3 is 6.09 Å². The molecule has 0 atom stereocenters. The van der Waals surface area contributed by atoms with Crippen molar-refractivity contribution in [3.05, 3.63) is 29.5 Å². The highest BCUT2D eigenvalue weighted by atomic mass is 16.6. The number of phenolic OH excluding ortho intramolecular Hbond substituents is 1. The normalized spacial score (nSPS) is 16.2. The summed E-state index contributed by atoms with van der Waals surface area (Å²) >= 11 is 0. The Morgan fingerprint density at radius 3 is 2.50 bits per heavy atom. The lowest BCUT2D eigenvalue weighted by Gasteiger charge is -2.21. The Morgan fingerprint density at radius 1 is 1.30 bits per heavy atom. The molecular weight excluding hydrogens is 260 g/mol.